The molecule has 2 aromatic heterocycles. The van der Waals surface area contributed by atoms with Crippen LogP contribution < -0.4 is 10.6 Å². The third-order valence-electron chi connectivity index (χ3n) is 7.68. The van der Waals surface area contributed by atoms with E-state index in [0.29, 0.717) is 22.1 Å². The molecule has 7 nitrogen and oxygen atoms in total. The van der Waals surface area contributed by atoms with E-state index >= 15 is 0 Å². The number of fused-ring (bicyclic) bond motifs is 1. The van der Waals surface area contributed by atoms with Crippen LogP contribution in [-0.2, 0) is 0 Å². The third kappa shape index (κ3) is 4.49. The normalized spacial score (nSPS) is 17.1. The Morgan fingerprint density at radius 1 is 1.24 bits per heavy atom. The van der Waals surface area contributed by atoms with Crippen molar-refractivity contribution in [3.05, 3.63) is 76.5 Å². The van der Waals surface area contributed by atoms with E-state index in [1.165, 1.54) is 18.6 Å². The largest absolute Gasteiger partial charge is 0.378 e. The van der Waals surface area contributed by atoms with Gasteiger partial charge in [-0.2, -0.15) is 5.26 Å². The maximum absolute atomic E-state index is 13.7. The number of anilines is 2. The van der Waals surface area contributed by atoms with Crippen LogP contribution in [0.1, 0.15) is 74.4 Å². The molecule has 4 aromatic rings. The second-order valence-corrected chi connectivity index (χ2v) is 10.5. The van der Waals surface area contributed by atoms with Crippen LogP contribution in [0.15, 0.2) is 48.8 Å². The number of nitriles is 1. The summed E-state index contributed by atoms with van der Waals surface area (Å²) in [5.41, 5.74) is 4.19. The molecule has 6 rings (SSSR count). The van der Waals surface area contributed by atoms with Gasteiger partial charge in [0.15, 0.2) is 0 Å². The Morgan fingerprint density at radius 3 is 2.68 bits per heavy atom. The van der Waals surface area contributed by atoms with Crippen molar-refractivity contribution in [3.8, 4) is 6.07 Å². The summed E-state index contributed by atoms with van der Waals surface area (Å²) < 4.78 is 15.6. The number of pyridine rings is 1. The molecule has 2 N–H and O–H groups in total. The minimum atomic E-state index is -0.376. The Bertz CT molecular complexity index is 1490. The van der Waals surface area contributed by atoms with Gasteiger partial charge in [-0.15, -0.1) is 5.10 Å². The fourth-order valence-corrected chi connectivity index (χ4v) is 5.36. The first-order valence-electron chi connectivity index (χ1n) is 12.7. The second-order valence-electron chi connectivity index (χ2n) is 10.1. The highest BCUT2D eigenvalue weighted by molar-refractivity contribution is 6.35. The molecule has 2 aliphatic carbocycles. The molecule has 0 saturated heterocycles. The maximum Gasteiger partial charge on any atom is 0.123 e. The first kappa shape index (κ1) is 23.7. The van der Waals surface area contributed by atoms with Crippen LogP contribution in [0, 0.1) is 17.1 Å². The monoisotopic (exact) mass is 515 g/mol. The van der Waals surface area contributed by atoms with E-state index in [1.807, 2.05) is 23.0 Å². The van der Waals surface area contributed by atoms with Crippen LogP contribution in [0.3, 0.4) is 0 Å². The van der Waals surface area contributed by atoms with Gasteiger partial charge in [0.05, 0.1) is 40.1 Å². The lowest BCUT2D eigenvalue weighted by atomic mass is 9.74. The number of aromatic nitrogens is 4. The summed E-state index contributed by atoms with van der Waals surface area (Å²) in [4.78, 5) is 4.50. The van der Waals surface area contributed by atoms with Gasteiger partial charge in [-0.05, 0) is 68.4 Å². The summed E-state index contributed by atoms with van der Waals surface area (Å²) in [6.45, 7) is 2.17. The Labute approximate surface area is 219 Å². The summed E-state index contributed by atoms with van der Waals surface area (Å²) in [7, 11) is 0. The number of nitrogens with zero attached hydrogens (tertiary/aromatic N) is 5. The van der Waals surface area contributed by atoms with Crippen molar-refractivity contribution >= 4 is 33.9 Å². The molecule has 2 aromatic carbocycles. The molecule has 1 unspecified atom stereocenters. The maximum atomic E-state index is 13.7. The van der Waals surface area contributed by atoms with Gasteiger partial charge in [-0.1, -0.05) is 35.9 Å². The lowest BCUT2D eigenvalue weighted by molar-refractivity contribution is 0.270. The van der Waals surface area contributed by atoms with E-state index in [2.05, 4.69) is 38.9 Å². The molecule has 1 atom stereocenters. The van der Waals surface area contributed by atoms with Crippen molar-refractivity contribution in [1.82, 2.24) is 20.0 Å². The van der Waals surface area contributed by atoms with E-state index in [9.17, 15) is 9.65 Å². The van der Waals surface area contributed by atoms with Gasteiger partial charge in [-0.25, -0.2) is 9.07 Å². The fraction of sp³-hybridized carbons (Fsp3) is 0.357. The quantitative estimate of drug-likeness (QED) is 0.269. The lowest BCUT2D eigenvalue weighted by Crippen LogP contribution is -2.44. The van der Waals surface area contributed by atoms with Crippen molar-refractivity contribution in [2.45, 2.75) is 63.1 Å². The SMILES string of the molecule is CCC1(Nc2c(C#N)cnc3c(Cl)cc(NC(c4ccc(F)cc4)c4cn(C5CC5)nn4)cc23)CCC1. The Kier molecular flexibility index (Phi) is 5.96. The van der Waals surface area contributed by atoms with Gasteiger partial charge in [0.25, 0.3) is 0 Å². The average molecular weight is 516 g/mol. The average Bonchev–Trinajstić information content (AvgIpc) is 3.62. The number of nitrogens with one attached hydrogen (secondary N) is 2. The van der Waals surface area contributed by atoms with Crippen LogP contribution in [0.2, 0.25) is 5.02 Å². The van der Waals surface area contributed by atoms with Crippen LogP contribution >= 0.6 is 11.6 Å². The summed E-state index contributed by atoms with van der Waals surface area (Å²) >= 11 is 6.74. The molecule has 0 spiro atoms. The first-order chi connectivity index (χ1) is 18.0. The molecule has 9 heteroatoms. The molecule has 0 radical (unpaired) electrons. The molecule has 0 bridgehead atoms. The summed E-state index contributed by atoms with van der Waals surface area (Å²) in [5, 5.41) is 27.1. The van der Waals surface area contributed by atoms with Gasteiger partial charge in [-0.3, -0.25) is 4.98 Å². The van der Waals surface area contributed by atoms with Gasteiger partial charge in [0.1, 0.15) is 17.6 Å². The van der Waals surface area contributed by atoms with Gasteiger partial charge >= 0.3 is 0 Å². The predicted molar refractivity (Wildman–Crippen MR) is 142 cm³/mol. The van der Waals surface area contributed by atoms with Crippen molar-refractivity contribution in [2.24, 2.45) is 0 Å². The van der Waals surface area contributed by atoms with Crippen LogP contribution in [0.25, 0.3) is 10.9 Å². The molecule has 2 heterocycles. The molecule has 0 amide bonds. The number of hydrogen-bond acceptors (Lipinski definition) is 6. The van der Waals surface area contributed by atoms with Crippen molar-refractivity contribution in [2.75, 3.05) is 10.6 Å². The van der Waals surface area contributed by atoms with Crippen LogP contribution in [-0.4, -0.2) is 25.5 Å². The van der Waals surface area contributed by atoms with E-state index in [-0.39, 0.29) is 17.4 Å². The molecular formula is C28H27ClFN7. The smallest absolute Gasteiger partial charge is 0.123 e. The lowest BCUT2D eigenvalue weighted by Gasteiger charge is -2.43. The number of rotatable bonds is 8. The predicted octanol–water partition coefficient (Wildman–Crippen LogP) is 6.77. The second kappa shape index (κ2) is 9.31. The molecule has 37 heavy (non-hydrogen) atoms. The molecule has 2 fully saturated rings. The molecule has 2 aliphatic rings. The van der Waals surface area contributed by atoms with E-state index in [0.717, 1.165) is 60.1 Å². The van der Waals surface area contributed by atoms with E-state index < -0.39 is 0 Å². The summed E-state index contributed by atoms with van der Waals surface area (Å²) in [6, 6.07) is 12.5. The molecular weight excluding hydrogens is 489 g/mol. The Morgan fingerprint density at radius 2 is 2.03 bits per heavy atom. The number of benzene rings is 2. The van der Waals surface area contributed by atoms with Gasteiger partial charge in [0, 0.05) is 22.8 Å². The summed E-state index contributed by atoms with van der Waals surface area (Å²) in [5.74, 6) is -0.301. The Hall–Kier alpha value is -3.70. The highest BCUT2D eigenvalue weighted by Gasteiger charge is 2.36. The highest BCUT2D eigenvalue weighted by atomic mass is 35.5. The highest BCUT2D eigenvalue weighted by Crippen LogP contribution is 2.42. The molecule has 188 valence electrons. The van der Waals surface area contributed by atoms with Crippen LogP contribution in [0.4, 0.5) is 15.8 Å². The zero-order chi connectivity index (χ0) is 25.6. The first-order valence-corrected chi connectivity index (χ1v) is 13.1. The zero-order valence-electron chi connectivity index (χ0n) is 20.5. The van der Waals surface area contributed by atoms with E-state index in [1.54, 1.807) is 18.3 Å². The van der Waals surface area contributed by atoms with Crippen molar-refractivity contribution < 1.29 is 4.39 Å². The summed E-state index contributed by atoms with van der Waals surface area (Å²) in [6.07, 6.45) is 9.99. The minimum absolute atomic E-state index is 0.0201. The number of hydrogen-bond donors (Lipinski definition) is 2. The third-order valence-corrected chi connectivity index (χ3v) is 7.97. The fourth-order valence-electron chi connectivity index (χ4n) is 5.09. The van der Waals surface area contributed by atoms with Gasteiger partial charge in [0.2, 0.25) is 0 Å². The van der Waals surface area contributed by atoms with Crippen LogP contribution in [0.5, 0.6) is 0 Å². The van der Waals surface area contributed by atoms with Gasteiger partial charge < -0.3 is 10.6 Å². The standard InChI is InChI=1S/C28H27ClFN7/c1-2-28(10-3-11-28)34-25-18(14-31)15-32-27-22(25)12-20(13-23(27)29)33-26(17-4-6-19(30)7-5-17)24-16-37(36-35-24)21-8-9-21/h4-7,12-13,15-16,21,26,33H,2-3,8-11H2,1H3,(H,32,34). The minimum Gasteiger partial charge on any atom is -0.378 e. The van der Waals surface area contributed by atoms with Crippen molar-refractivity contribution in [1.29, 1.82) is 5.26 Å². The number of halogens is 2. The molecule has 2 saturated carbocycles. The molecule has 0 aliphatic heterocycles. The van der Waals surface area contributed by atoms with E-state index in [4.69, 9.17) is 11.6 Å². The topological polar surface area (TPSA) is 91.5 Å². The van der Waals surface area contributed by atoms with Crippen molar-refractivity contribution in [3.63, 3.8) is 0 Å². The zero-order valence-corrected chi connectivity index (χ0v) is 21.3. The Balaban J connectivity index is 1.43.